The molecule has 0 unspecified atom stereocenters. The first-order chi connectivity index (χ1) is 20.3. The van der Waals surface area contributed by atoms with Gasteiger partial charge in [-0.05, 0) is 90.8 Å². The molecule has 0 bridgehead atoms. The fourth-order valence-electron chi connectivity index (χ4n) is 8.36. The number of fused-ring (bicyclic) bond motifs is 4. The van der Waals surface area contributed by atoms with E-state index in [2.05, 4.69) is 10.3 Å². The summed E-state index contributed by atoms with van der Waals surface area (Å²) in [7, 11) is 0. The molecule has 5 nitrogen and oxygen atoms in total. The zero-order chi connectivity index (χ0) is 30.8. The molecule has 43 heavy (non-hydrogen) atoms. The second kappa shape index (κ2) is 10.4. The Hall–Kier alpha value is -3.40. The quantitative estimate of drug-likeness (QED) is 0.369. The third-order valence-corrected chi connectivity index (χ3v) is 10.5. The largest absolute Gasteiger partial charge is 0.456 e. The maximum absolute atomic E-state index is 15.2. The number of carbonyl (C=O) groups is 2. The monoisotopic (exact) mass is 600 g/mol. The topological polar surface area (TPSA) is 79.3 Å². The molecule has 1 aromatic carbocycles. The normalized spacial score (nSPS) is 30.7. The molecule has 0 radical (unpaired) electrons. The lowest BCUT2D eigenvalue weighted by atomic mass is 9.50. The molecule has 1 amide bonds. The molecule has 4 aliphatic carbocycles. The maximum atomic E-state index is 15.2. The van der Waals surface area contributed by atoms with Crippen molar-refractivity contribution in [2.24, 2.45) is 17.3 Å². The van der Waals surface area contributed by atoms with Gasteiger partial charge in [-0.25, -0.2) is 0 Å². The van der Waals surface area contributed by atoms with Gasteiger partial charge >= 0.3 is 12.1 Å². The third kappa shape index (κ3) is 4.64. The highest BCUT2D eigenvalue weighted by Crippen LogP contribution is 2.70. The minimum absolute atomic E-state index is 0.0349. The Morgan fingerprint density at radius 3 is 2.49 bits per heavy atom. The highest BCUT2D eigenvalue weighted by Gasteiger charge is 2.79. The van der Waals surface area contributed by atoms with Crippen molar-refractivity contribution >= 4 is 11.7 Å². The van der Waals surface area contributed by atoms with Crippen molar-refractivity contribution in [3.8, 4) is 0 Å². The summed E-state index contributed by atoms with van der Waals surface area (Å²) in [6, 6.07) is 10.6. The Labute approximate surface area is 246 Å². The molecule has 0 spiro atoms. The fourth-order valence-corrected chi connectivity index (χ4v) is 8.36. The predicted octanol–water partition coefficient (Wildman–Crippen LogP) is 6.84. The molecular formula is C33H33F5N2O3. The van der Waals surface area contributed by atoms with Gasteiger partial charge < -0.3 is 10.4 Å². The van der Waals surface area contributed by atoms with E-state index in [9.17, 15) is 27.9 Å². The number of allylic oxidation sites excluding steroid dienone is 4. The van der Waals surface area contributed by atoms with E-state index in [1.54, 1.807) is 24.4 Å². The molecule has 0 saturated heterocycles. The van der Waals surface area contributed by atoms with E-state index < -0.39 is 41.4 Å². The lowest BCUT2D eigenvalue weighted by Gasteiger charge is -2.56. The van der Waals surface area contributed by atoms with Crippen LogP contribution in [0.2, 0.25) is 0 Å². The summed E-state index contributed by atoms with van der Waals surface area (Å²) in [6.45, 7) is 1.64. The van der Waals surface area contributed by atoms with Crippen LogP contribution in [0.4, 0.5) is 22.0 Å². The van der Waals surface area contributed by atoms with Gasteiger partial charge in [-0.2, -0.15) is 22.0 Å². The SMILES string of the molecule is C[C@]12C[C@H](c3ccc(CNC(=O)c4cccnc4)cc3)C3=C4CCC(=O)C=C4CC[C@H]3[C@@H]1CC[C@@]2(O)C(F)(F)C(F)(F)F. The number of nitrogens with zero attached hydrogens (tertiary/aromatic N) is 1. The van der Waals surface area contributed by atoms with Gasteiger partial charge in [0.25, 0.3) is 5.91 Å². The van der Waals surface area contributed by atoms with E-state index >= 15 is 8.78 Å². The van der Waals surface area contributed by atoms with E-state index in [0.717, 1.165) is 27.8 Å². The van der Waals surface area contributed by atoms with E-state index in [1.807, 2.05) is 24.3 Å². The number of nitrogens with one attached hydrogen (secondary N) is 1. The van der Waals surface area contributed by atoms with Gasteiger partial charge in [0, 0.05) is 36.7 Å². The number of carbonyl (C=O) groups excluding carboxylic acids is 2. The van der Waals surface area contributed by atoms with Crippen LogP contribution in [0.15, 0.2) is 71.6 Å². The predicted molar refractivity (Wildman–Crippen MR) is 148 cm³/mol. The molecule has 228 valence electrons. The highest BCUT2D eigenvalue weighted by atomic mass is 19.4. The summed E-state index contributed by atoms with van der Waals surface area (Å²) >= 11 is 0. The first kappa shape index (κ1) is 29.7. The Morgan fingerprint density at radius 2 is 1.81 bits per heavy atom. The number of ketones is 1. The van der Waals surface area contributed by atoms with Crippen LogP contribution in [-0.4, -0.2) is 39.5 Å². The maximum Gasteiger partial charge on any atom is 0.456 e. The van der Waals surface area contributed by atoms with Crippen molar-refractivity contribution in [2.45, 2.75) is 82.0 Å². The third-order valence-electron chi connectivity index (χ3n) is 10.5. The number of hydrogen-bond acceptors (Lipinski definition) is 4. The number of amides is 1. The van der Waals surface area contributed by atoms with Gasteiger partial charge in [0.05, 0.1) is 5.56 Å². The molecular weight excluding hydrogens is 567 g/mol. The van der Waals surface area contributed by atoms with Crippen LogP contribution in [0.1, 0.15) is 79.3 Å². The molecule has 5 atom stereocenters. The van der Waals surface area contributed by atoms with Crippen LogP contribution in [0, 0.1) is 17.3 Å². The van der Waals surface area contributed by atoms with Crippen LogP contribution < -0.4 is 5.32 Å². The number of pyridine rings is 1. The Balaban J connectivity index is 1.37. The number of aromatic nitrogens is 1. The molecule has 2 N–H and O–H groups in total. The van der Waals surface area contributed by atoms with E-state index in [1.165, 1.54) is 13.1 Å². The molecule has 2 saturated carbocycles. The van der Waals surface area contributed by atoms with Crippen LogP contribution in [-0.2, 0) is 11.3 Å². The lowest BCUT2D eigenvalue weighted by Crippen LogP contribution is -2.65. The van der Waals surface area contributed by atoms with Gasteiger partial charge in [0.2, 0.25) is 0 Å². The Morgan fingerprint density at radius 1 is 1.07 bits per heavy atom. The standard InChI is InChI=1S/C33H33F5N2O3/c1-30-16-26(20-6-4-19(5-7-20)17-40-29(42)22-3-2-14-39-18-22)28-24-11-9-23(41)15-21(24)8-10-25(28)27(30)12-13-31(30,43)32(34,35)33(36,37)38/h2-7,14-15,18,25-27,43H,8-13,16-17H2,1H3,(H,40,42)/t25-,26+,27-,30-,31-/m0/s1. The fraction of sp³-hybridized carbons (Fsp3) is 0.485. The average Bonchev–Trinajstić information content (AvgIpc) is 3.26. The van der Waals surface area contributed by atoms with Crippen LogP contribution in [0.25, 0.3) is 0 Å². The number of aliphatic hydroxyl groups is 1. The molecule has 2 aromatic rings. The number of hydrogen-bond donors (Lipinski definition) is 2. The van der Waals surface area contributed by atoms with Crippen molar-refractivity contribution in [1.29, 1.82) is 0 Å². The van der Waals surface area contributed by atoms with Gasteiger partial charge in [0.1, 0.15) is 5.60 Å². The molecule has 2 fully saturated rings. The second-order valence-electron chi connectivity index (χ2n) is 12.6. The first-order valence-electron chi connectivity index (χ1n) is 14.7. The molecule has 1 aromatic heterocycles. The highest BCUT2D eigenvalue weighted by molar-refractivity contribution is 5.94. The molecule has 1 heterocycles. The minimum Gasteiger partial charge on any atom is -0.383 e. The van der Waals surface area contributed by atoms with Crippen molar-refractivity contribution in [3.05, 3.63) is 88.3 Å². The number of alkyl halides is 5. The van der Waals surface area contributed by atoms with Crippen LogP contribution >= 0.6 is 0 Å². The smallest absolute Gasteiger partial charge is 0.383 e. The number of halogens is 5. The summed E-state index contributed by atoms with van der Waals surface area (Å²) in [5.74, 6) is -6.87. The van der Waals surface area contributed by atoms with Crippen molar-refractivity contribution in [1.82, 2.24) is 10.3 Å². The summed E-state index contributed by atoms with van der Waals surface area (Å²) in [5, 5.41) is 14.2. The van der Waals surface area contributed by atoms with Gasteiger partial charge in [-0.3, -0.25) is 14.6 Å². The second-order valence-corrected chi connectivity index (χ2v) is 12.6. The zero-order valence-corrected chi connectivity index (χ0v) is 23.7. The van der Waals surface area contributed by atoms with Crippen molar-refractivity contribution in [3.63, 3.8) is 0 Å². The van der Waals surface area contributed by atoms with E-state index in [-0.39, 0.29) is 37.0 Å². The first-order valence-corrected chi connectivity index (χ1v) is 14.7. The lowest BCUT2D eigenvalue weighted by molar-refractivity contribution is -0.362. The van der Waals surface area contributed by atoms with Crippen LogP contribution in [0.3, 0.4) is 0 Å². The Kier molecular flexibility index (Phi) is 7.14. The molecule has 10 heteroatoms. The number of rotatable bonds is 5. The van der Waals surface area contributed by atoms with Crippen molar-refractivity contribution in [2.75, 3.05) is 0 Å². The van der Waals surface area contributed by atoms with Gasteiger partial charge in [-0.15, -0.1) is 0 Å². The molecule has 4 aliphatic rings. The summed E-state index contributed by atoms with van der Waals surface area (Å²) in [6.07, 6.45) is 0.0746. The van der Waals surface area contributed by atoms with Gasteiger partial charge in [-0.1, -0.05) is 36.8 Å². The minimum atomic E-state index is -5.89. The summed E-state index contributed by atoms with van der Waals surface area (Å²) < 4.78 is 71.6. The van der Waals surface area contributed by atoms with Gasteiger partial charge in [0.15, 0.2) is 5.78 Å². The Bertz CT molecular complexity index is 1500. The summed E-state index contributed by atoms with van der Waals surface area (Å²) in [5.41, 5.74) is -0.0330. The molecule has 6 rings (SSSR count). The summed E-state index contributed by atoms with van der Waals surface area (Å²) in [4.78, 5) is 28.6. The van der Waals surface area contributed by atoms with Crippen LogP contribution in [0.5, 0.6) is 0 Å². The van der Waals surface area contributed by atoms with Crippen molar-refractivity contribution < 1.29 is 36.6 Å². The van der Waals surface area contributed by atoms with E-state index in [4.69, 9.17) is 0 Å². The molecule has 0 aliphatic heterocycles. The average molecular weight is 601 g/mol. The number of benzene rings is 1. The van der Waals surface area contributed by atoms with E-state index in [0.29, 0.717) is 31.2 Å². The zero-order valence-electron chi connectivity index (χ0n) is 23.7.